The van der Waals surface area contributed by atoms with Gasteiger partial charge in [-0.2, -0.15) is 0 Å². The van der Waals surface area contributed by atoms with Crippen molar-refractivity contribution < 1.29 is 4.79 Å². The van der Waals surface area contributed by atoms with Crippen LogP contribution >= 0.6 is 11.3 Å². The standard InChI is InChI=1S/C18H30N4OS/c1-17(2,3)15-20-21-16(24-15)19-14(23)12-8-7-11-22(12)13-9-6-10-18(13,4)5/h12-13H,6-11H2,1-5H3,(H,19,21,23). The molecule has 1 aliphatic carbocycles. The molecule has 3 rings (SSSR count). The molecule has 5 nitrogen and oxygen atoms in total. The Morgan fingerprint density at radius 1 is 1.25 bits per heavy atom. The number of hydrogen-bond donors (Lipinski definition) is 1. The first kappa shape index (κ1) is 17.8. The van der Waals surface area contributed by atoms with Crippen LogP contribution in [0.4, 0.5) is 5.13 Å². The lowest BCUT2D eigenvalue weighted by molar-refractivity contribution is -0.121. The van der Waals surface area contributed by atoms with Gasteiger partial charge in [-0.25, -0.2) is 0 Å². The quantitative estimate of drug-likeness (QED) is 0.900. The number of rotatable bonds is 3. The molecule has 0 aromatic carbocycles. The van der Waals surface area contributed by atoms with Gasteiger partial charge in [-0.05, 0) is 37.6 Å². The lowest BCUT2D eigenvalue weighted by atomic mass is 9.86. The molecular weight excluding hydrogens is 320 g/mol. The number of nitrogens with one attached hydrogen (secondary N) is 1. The summed E-state index contributed by atoms with van der Waals surface area (Å²) >= 11 is 1.49. The molecule has 6 heteroatoms. The highest BCUT2D eigenvalue weighted by Gasteiger charge is 2.44. The second-order valence-corrected chi connectivity index (χ2v) is 9.92. The third kappa shape index (κ3) is 3.49. The summed E-state index contributed by atoms with van der Waals surface area (Å²) in [5.41, 5.74) is 0.277. The average Bonchev–Trinajstić information content (AvgIpc) is 3.15. The fourth-order valence-corrected chi connectivity index (χ4v) is 4.94. The van der Waals surface area contributed by atoms with Gasteiger partial charge in [-0.15, -0.1) is 10.2 Å². The number of amides is 1. The Labute approximate surface area is 149 Å². The van der Waals surface area contributed by atoms with Crippen LogP contribution in [0.5, 0.6) is 0 Å². The van der Waals surface area contributed by atoms with Crippen molar-refractivity contribution >= 4 is 22.4 Å². The molecule has 1 saturated heterocycles. The molecule has 1 aromatic heterocycles. The molecule has 134 valence electrons. The first-order valence-electron chi connectivity index (χ1n) is 9.09. The SMILES string of the molecule is CC(C)(C)c1nnc(NC(=O)C2CCCN2C2CCCC2(C)C)s1. The molecule has 2 atom stereocenters. The van der Waals surface area contributed by atoms with Gasteiger partial charge in [0.15, 0.2) is 0 Å². The molecule has 1 N–H and O–H groups in total. The van der Waals surface area contributed by atoms with Crippen molar-refractivity contribution in [2.75, 3.05) is 11.9 Å². The van der Waals surface area contributed by atoms with Crippen molar-refractivity contribution in [3.05, 3.63) is 5.01 Å². The van der Waals surface area contributed by atoms with Crippen LogP contribution in [0.25, 0.3) is 0 Å². The van der Waals surface area contributed by atoms with E-state index in [2.05, 4.69) is 55.0 Å². The van der Waals surface area contributed by atoms with Gasteiger partial charge in [-0.3, -0.25) is 15.0 Å². The Kier molecular flexibility index (Phi) is 4.73. The van der Waals surface area contributed by atoms with Crippen LogP contribution in [0.2, 0.25) is 0 Å². The minimum Gasteiger partial charge on any atom is -0.299 e. The van der Waals surface area contributed by atoms with Gasteiger partial charge < -0.3 is 0 Å². The highest BCUT2D eigenvalue weighted by atomic mass is 32.1. The van der Waals surface area contributed by atoms with Crippen LogP contribution in [0.15, 0.2) is 0 Å². The molecule has 0 bridgehead atoms. The molecule has 2 heterocycles. The van der Waals surface area contributed by atoms with Gasteiger partial charge in [0.05, 0.1) is 6.04 Å². The Morgan fingerprint density at radius 3 is 2.58 bits per heavy atom. The third-order valence-electron chi connectivity index (χ3n) is 5.49. The van der Waals surface area contributed by atoms with E-state index in [9.17, 15) is 4.79 Å². The Hall–Kier alpha value is -1.01. The maximum Gasteiger partial charge on any atom is 0.243 e. The van der Waals surface area contributed by atoms with Crippen LogP contribution in [0.1, 0.15) is 71.7 Å². The molecule has 1 aliphatic heterocycles. The van der Waals surface area contributed by atoms with E-state index >= 15 is 0 Å². The Bertz CT molecular complexity index is 604. The summed E-state index contributed by atoms with van der Waals surface area (Å²) in [5, 5.41) is 13.0. The van der Waals surface area contributed by atoms with Crippen molar-refractivity contribution in [3.8, 4) is 0 Å². The van der Waals surface area contributed by atoms with E-state index in [1.807, 2.05) is 0 Å². The van der Waals surface area contributed by atoms with Crippen molar-refractivity contribution in [1.82, 2.24) is 15.1 Å². The molecule has 2 aliphatic rings. The summed E-state index contributed by atoms with van der Waals surface area (Å²) in [4.78, 5) is 15.3. The monoisotopic (exact) mass is 350 g/mol. The zero-order valence-corrected chi connectivity index (χ0v) is 16.4. The summed E-state index contributed by atoms with van der Waals surface area (Å²) in [6.07, 6.45) is 5.79. The van der Waals surface area contributed by atoms with Gasteiger partial charge in [0.2, 0.25) is 11.0 Å². The first-order valence-corrected chi connectivity index (χ1v) is 9.91. The highest BCUT2D eigenvalue weighted by Crippen LogP contribution is 2.43. The van der Waals surface area contributed by atoms with Crippen molar-refractivity contribution in [2.45, 2.75) is 84.2 Å². The van der Waals surface area contributed by atoms with Gasteiger partial charge >= 0.3 is 0 Å². The maximum atomic E-state index is 12.8. The predicted octanol–water partition coefficient (Wildman–Crippen LogP) is 3.82. The number of aromatic nitrogens is 2. The molecule has 1 aromatic rings. The van der Waals surface area contributed by atoms with Crippen LogP contribution in [0, 0.1) is 5.41 Å². The van der Waals surface area contributed by atoms with Crippen molar-refractivity contribution in [3.63, 3.8) is 0 Å². The number of likely N-dealkylation sites (tertiary alicyclic amines) is 1. The molecule has 24 heavy (non-hydrogen) atoms. The highest BCUT2D eigenvalue weighted by molar-refractivity contribution is 7.15. The third-order valence-corrected chi connectivity index (χ3v) is 6.76. The lowest BCUT2D eigenvalue weighted by Crippen LogP contribution is -2.49. The maximum absolute atomic E-state index is 12.8. The number of carbonyl (C=O) groups is 1. The first-order chi connectivity index (χ1) is 11.2. The number of anilines is 1. The summed E-state index contributed by atoms with van der Waals surface area (Å²) in [6.45, 7) is 12.1. The van der Waals surface area contributed by atoms with Crippen LogP contribution in [-0.2, 0) is 10.2 Å². The van der Waals surface area contributed by atoms with Crippen LogP contribution < -0.4 is 5.32 Å². The van der Waals surface area contributed by atoms with Crippen molar-refractivity contribution in [2.24, 2.45) is 5.41 Å². The van der Waals surface area contributed by atoms with Crippen molar-refractivity contribution in [1.29, 1.82) is 0 Å². The fourth-order valence-electron chi connectivity index (χ4n) is 4.13. The van der Waals surface area contributed by atoms with Gasteiger partial charge in [-0.1, -0.05) is 52.4 Å². The molecule has 0 spiro atoms. The topological polar surface area (TPSA) is 58.1 Å². The molecule has 2 fully saturated rings. The predicted molar refractivity (Wildman–Crippen MR) is 98.4 cm³/mol. The van der Waals surface area contributed by atoms with E-state index in [0.29, 0.717) is 16.6 Å². The minimum atomic E-state index is -0.0338. The second-order valence-electron chi connectivity index (χ2n) is 8.94. The molecule has 1 saturated carbocycles. The fraction of sp³-hybridized carbons (Fsp3) is 0.833. The molecular formula is C18H30N4OS. The van der Waals surface area contributed by atoms with Crippen LogP contribution in [0.3, 0.4) is 0 Å². The molecule has 0 radical (unpaired) electrons. The van der Waals surface area contributed by atoms with E-state index in [-0.39, 0.29) is 17.4 Å². The smallest absolute Gasteiger partial charge is 0.243 e. The van der Waals surface area contributed by atoms with E-state index in [0.717, 1.165) is 24.4 Å². The Balaban J connectivity index is 1.69. The van der Waals surface area contributed by atoms with Crippen LogP contribution in [-0.4, -0.2) is 39.6 Å². The molecule has 1 amide bonds. The molecule has 2 unspecified atom stereocenters. The summed E-state index contributed by atoms with van der Waals surface area (Å²) in [6, 6.07) is 0.504. The number of nitrogens with zero attached hydrogens (tertiary/aromatic N) is 3. The lowest BCUT2D eigenvalue weighted by Gasteiger charge is -2.38. The summed E-state index contributed by atoms with van der Waals surface area (Å²) in [7, 11) is 0. The number of carbonyl (C=O) groups excluding carboxylic acids is 1. The minimum absolute atomic E-state index is 0.0191. The summed E-state index contributed by atoms with van der Waals surface area (Å²) in [5.74, 6) is 0.0896. The zero-order valence-electron chi connectivity index (χ0n) is 15.6. The zero-order chi connectivity index (χ0) is 17.5. The van der Waals surface area contributed by atoms with Gasteiger partial charge in [0.1, 0.15) is 5.01 Å². The summed E-state index contributed by atoms with van der Waals surface area (Å²) < 4.78 is 0. The largest absolute Gasteiger partial charge is 0.299 e. The van der Waals surface area contributed by atoms with Gasteiger partial charge in [0.25, 0.3) is 0 Å². The van der Waals surface area contributed by atoms with E-state index in [4.69, 9.17) is 0 Å². The second kappa shape index (κ2) is 6.37. The average molecular weight is 351 g/mol. The van der Waals surface area contributed by atoms with Gasteiger partial charge in [0, 0.05) is 11.5 Å². The van der Waals surface area contributed by atoms with E-state index in [1.54, 1.807) is 0 Å². The normalized spacial score (nSPS) is 27.5. The van der Waals surface area contributed by atoms with E-state index in [1.165, 1.54) is 30.6 Å². The number of hydrogen-bond acceptors (Lipinski definition) is 5. The van der Waals surface area contributed by atoms with E-state index < -0.39 is 0 Å². The Morgan fingerprint density at radius 2 is 2.00 bits per heavy atom.